The Morgan fingerprint density at radius 1 is 0.842 bits per heavy atom. The molecule has 1 heterocycles. The van der Waals surface area contributed by atoms with Crippen molar-refractivity contribution in [2.45, 2.75) is 13.5 Å². The van der Waals surface area contributed by atoms with Crippen LogP contribution in [0.5, 0.6) is 0 Å². The highest BCUT2D eigenvalue weighted by Gasteiger charge is 2.07. The van der Waals surface area contributed by atoms with Gasteiger partial charge in [0.05, 0.1) is 0 Å². The summed E-state index contributed by atoms with van der Waals surface area (Å²) < 4.78 is 2.37. The standard InChI is InChI=1S/C18H17N/c1-2-3-4-9-14-19-17-12-7-5-10-15(17)16-11-6-8-13-18(16)19/h2-13H,14H2,1H3/b3-2-,9-4-. The van der Waals surface area contributed by atoms with Gasteiger partial charge in [-0.15, -0.1) is 0 Å². The Labute approximate surface area is 113 Å². The van der Waals surface area contributed by atoms with E-state index in [9.17, 15) is 0 Å². The largest absolute Gasteiger partial charge is 0.337 e. The third-order valence-electron chi connectivity index (χ3n) is 3.41. The van der Waals surface area contributed by atoms with Gasteiger partial charge < -0.3 is 4.57 Å². The molecule has 0 radical (unpaired) electrons. The molecule has 3 rings (SSSR count). The monoisotopic (exact) mass is 247 g/mol. The summed E-state index contributed by atoms with van der Waals surface area (Å²) in [6, 6.07) is 17.2. The molecule has 1 heteroatoms. The summed E-state index contributed by atoms with van der Waals surface area (Å²) >= 11 is 0. The van der Waals surface area contributed by atoms with Gasteiger partial charge in [-0.2, -0.15) is 0 Å². The van der Waals surface area contributed by atoms with E-state index in [-0.39, 0.29) is 0 Å². The summed E-state index contributed by atoms with van der Waals surface area (Å²) in [5.74, 6) is 0. The number of hydrogen-bond acceptors (Lipinski definition) is 0. The Hall–Kier alpha value is -2.28. The maximum absolute atomic E-state index is 2.37. The predicted octanol–water partition coefficient (Wildman–Crippen LogP) is 4.93. The second-order valence-electron chi connectivity index (χ2n) is 4.60. The van der Waals surface area contributed by atoms with E-state index in [1.54, 1.807) is 0 Å². The third-order valence-corrected chi connectivity index (χ3v) is 3.41. The minimum absolute atomic E-state index is 0.901. The van der Waals surface area contributed by atoms with Crippen LogP contribution in [0.2, 0.25) is 0 Å². The Balaban J connectivity index is 2.19. The van der Waals surface area contributed by atoms with Crippen molar-refractivity contribution in [3.8, 4) is 0 Å². The first-order valence-corrected chi connectivity index (χ1v) is 6.65. The molecule has 0 amide bonds. The van der Waals surface area contributed by atoms with E-state index in [2.05, 4.69) is 71.3 Å². The van der Waals surface area contributed by atoms with Crippen LogP contribution < -0.4 is 0 Å². The van der Waals surface area contributed by atoms with Gasteiger partial charge in [0, 0.05) is 28.4 Å². The second kappa shape index (κ2) is 5.15. The molecule has 0 aliphatic carbocycles. The topological polar surface area (TPSA) is 4.93 Å². The molecule has 0 atom stereocenters. The van der Waals surface area contributed by atoms with Crippen LogP contribution in [-0.4, -0.2) is 4.57 Å². The zero-order valence-corrected chi connectivity index (χ0v) is 11.1. The number of benzene rings is 2. The van der Waals surface area contributed by atoms with E-state index in [0.717, 1.165) is 6.54 Å². The summed E-state index contributed by atoms with van der Waals surface area (Å²) in [5.41, 5.74) is 2.60. The van der Waals surface area contributed by atoms with Gasteiger partial charge in [0.1, 0.15) is 0 Å². The number of aromatic nitrogens is 1. The molecule has 0 spiro atoms. The zero-order valence-electron chi connectivity index (χ0n) is 11.1. The highest BCUT2D eigenvalue weighted by atomic mass is 15.0. The molecule has 94 valence electrons. The number of nitrogens with zero attached hydrogens (tertiary/aromatic N) is 1. The normalized spacial score (nSPS) is 12.3. The molecule has 0 aliphatic rings. The molecule has 0 bridgehead atoms. The molecule has 1 nitrogen and oxygen atoms in total. The van der Waals surface area contributed by atoms with Crippen molar-refractivity contribution >= 4 is 21.8 Å². The molecule has 0 unspecified atom stereocenters. The highest BCUT2D eigenvalue weighted by molar-refractivity contribution is 6.07. The summed E-state index contributed by atoms with van der Waals surface area (Å²) in [6.07, 6.45) is 8.40. The fraction of sp³-hybridized carbons (Fsp3) is 0.111. The van der Waals surface area contributed by atoms with Crippen LogP contribution in [0, 0.1) is 0 Å². The fourth-order valence-corrected chi connectivity index (χ4v) is 2.56. The van der Waals surface area contributed by atoms with Crippen molar-refractivity contribution in [1.29, 1.82) is 0 Å². The first kappa shape index (κ1) is 11.8. The lowest BCUT2D eigenvalue weighted by Crippen LogP contribution is -1.93. The van der Waals surface area contributed by atoms with Crippen molar-refractivity contribution in [3.05, 3.63) is 72.8 Å². The second-order valence-corrected chi connectivity index (χ2v) is 4.60. The Kier molecular flexibility index (Phi) is 3.20. The van der Waals surface area contributed by atoms with Gasteiger partial charge in [-0.3, -0.25) is 0 Å². The smallest absolute Gasteiger partial charge is 0.0494 e. The van der Waals surface area contributed by atoms with E-state index in [1.165, 1.54) is 21.8 Å². The van der Waals surface area contributed by atoms with Crippen LogP contribution in [0.4, 0.5) is 0 Å². The van der Waals surface area contributed by atoms with Crippen molar-refractivity contribution in [2.75, 3.05) is 0 Å². The van der Waals surface area contributed by atoms with Crippen molar-refractivity contribution in [1.82, 2.24) is 4.57 Å². The minimum atomic E-state index is 0.901. The zero-order chi connectivity index (χ0) is 13.1. The van der Waals surface area contributed by atoms with Gasteiger partial charge in [-0.05, 0) is 19.1 Å². The molecule has 0 saturated carbocycles. The minimum Gasteiger partial charge on any atom is -0.337 e. The van der Waals surface area contributed by atoms with Crippen LogP contribution in [0.3, 0.4) is 0 Å². The van der Waals surface area contributed by atoms with E-state index in [4.69, 9.17) is 0 Å². The highest BCUT2D eigenvalue weighted by Crippen LogP contribution is 2.28. The quantitative estimate of drug-likeness (QED) is 0.578. The first-order valence-electron chi connectivity index (χ1n) is 6.65. The predicted molar refractivity (Wildman–Crippen MR) is 83.4 cm³/mol. The average Bonchev–Trinajstić information content (AvgIpc) is 2.78. The molecule has 0 N–H and O–H groups in total. The van der Waals surface area contributed by atoms with E-state index in [1.807, 2.05) is 13.0 Å². The van der Waals surface area contributed by atoms with Crippen LogP contribution in [0.25, 0.3) is 21.8 Å². The molecule has 0 aliphatic heterocycles. The van der Waals surface area contributed by atoms with Crippen LogP contribution in [0.1, 0.15) is 6.92 Å². The van der Waals surface area contributed by atoms with Crippen LogP contribution >= 0.6 is 0 Å². The molecular formula is C18H17N. The average molecular weight is 247 g/mol. The maximum Gasteiger partial charge on any atom is 0.0494 e. The van der Waals surface area contributed by atoms with E-state index < -0.39 is 0 Å². The lowest BCUT2D eigenvalue weighted by atomic mass is 10.2. The summed E-state index contributed by atoms with van der Waals surface area (Å²) in [4.78, 5) is 0. The van der Waals surface area contributed by atoms with E-state index >= 15 is 0 Å². The molecule has 19 heavy (non-hydrogen) atoms. The fourth-order valence-electron chi connectivity index (χ4n) is 2.56. The van der Waals surface area contributed by atoms with Crippen molar-refractivity contribution in [3.63, 3.8) is 0 Å². The number of hydrogen-bond donors (Lipinski definition) is 0. The summed E-state index contributed by atoms with van der Waals surface area (Å²) in [5, 5.41) is 2.66. The van der Waals surface area contributed by atoms with Gasteiger partial charge >= 0.3 is 0 Å². The van der Waals surface area contributed by atoms with Gasteiger partial charge in [0.15, 0.2) is 0 Å². The number of allylic oxidation sites excluding steroid dienone is 4. The molecule has 2 aromatic carbocycles. The summed E-state index contributed by atoms with van der Waals surface area (Å²) in [6.45, 7) is 2.93. The van der Waals surface area contributed by atoms with Crippen molar-refractivity contribution < 1.29 is 0 Å². The number of fused-ring (bicyclic) bond motifs is 3. The SMILES string of the molecule is C/C=C\C=C/Cn1c2ccccc2c2ccccc21. The molecule has 1 aromatic heterocycles. The summed E-state index contributed by atoms with van der Waals surface area (Å²) in [7, 11) is 0. The Bertz CT molecular complexity index is 706. The maximum atomic E-state index is 2.37. The lowest BCUT2D eigenvalue weighted by Gasteiger charge is -2.03. The molecule has 0 fully saturated rings. The molecular weight excluding hydrogens is 230 g/mol. The van der Waals surface area contributed by atoms with Crippen molar-refractivity contribution in [2.24, 2.45) is 0 Å². The number of rotatable bonds is 3. The Morgan fingerprint density at radius 2 is 1.42 bits per heavy atom. The van der Waals surface area contributed by atoms with E-state index in [0.29, 0.717) is 0 Å². The van der Waals surface area contributed by atoms with Crippen LogP contribution in [-0.2, 0) is 6.54 Å². The van der Waals surface area contributed by atoms with Gasteiger partial charge in [0.2, 0.25) is 0 Å². The van der Waals surface area contributed by atoms with Gasteiger partial charge in [-0.25, -0.2) is 0 Å². The van der Waals surface area contributed by atoms with Gasteiger partial charge in [-0.1, -0.05) is 60.7 Å². The van der Waals surface area contributed by atoms with Gasteiger partial charge in [0.25, 0.3) is 0 Å². The third kappa shape index (κ3) is 2.08. The van der Waals surface area contributed by atoms with Crippen LogP contribution in [0.15, 0.2) is 72.8 Å². The first-order chi connectivity index (χ1) is 9.42. The lowest BCUT2D eigenvalue weighted by molar-refractivity contribution is 0.899. The molecule has 3 aromatic rings. The molecule has 0 saturated heterocycles. The number of para-hydroxylation sites is 2. The Morgan fingerprint density at radius 3 is 2.00 bits per heavy atom.